The molecule has 1 aromatic heterocycles. The highest BCUT2D eigenvalue weighted by atomic mass is 32.1. The van der Waals surface area contributed by atoms with Crippen molar-refractivity contribution < 1.29 is 22.7 Å². The van der Waals surface area contributed by atoms with E-state index in [1.54, 1.807) is 24.3 Å². The third kappa shape index (κ3) is 4.75. The first-order valence-electron chi connectivity index (χ1n) is 9.75. The zero-order valence-electron chi connectivity index (χ0n) is 17.5. The third-order valence-corrected chi connectivity index (χ3v) is 6.00. The minimum atomic E-state index is -4.82. The lowest BCUT2D eigenvalue weighted by Crippen LogP contribution is -2.18. The van der Waals surface area contributed by atoms with E-state index in [-0.39, 0.29) is 5.56 Å². The van der Waals surface area contributed by atoms with Gasteiger partial charge in [0.15, 0.2) is 0 Å². The van der Waals surface area contributed by atoms with Gasteiger partial charge in [0.1, 0.15) is 10.8 Å². The number of alkyl halides is 3. The molecule has 32 heavy (non-hydrogen) atoms. The summed E-state index contributed by atoms with van der Waals surface area (Å²) in [6.07, 6.45) is -4.82. The van der Waals surface area contributed by atoms with E-state index >= 15 is 0 Å². The van der Waals surface area contributed by atoms with Crippen LogP contribution in [0.5, 0.6) is 5.75 Å². The Morgan fingerprint density at radius 3 is 2.47 bits per heavy atom. The van der Waals surface area contributed by atoms with Crippen LogP contribution in [-0.2, 0) is 0 Å². The maximum atomic E-state index is 12.7. The second-order valence-corrected chi connectivity index (χ2v) is 8.53. The Morgan fingerprint density at radius 1 is 0.969 bits per heavy atom. The van der Waals surface area contributed by atoms with E-state index in [0.29, 0.717) is 11.3 Å². The molecule has 1 N–H and O–H groups in total. The molecule has 164 valence electrons. The van der Waals surface area contributed by atoms with Crippen molar-refractivity contribution in [1.82, 2.24) is 4.98 Å². The minimum absolute atomic E-state index is 0.107. The summed E-state index contributed by atoms with van der Waals surface area (Å²) >= 11 is 1.60. The van der Waals surface area contributed by atoms with Gasteiger partial charge in [0.25, 0.3) is 5.91 Å². The lowest BCUT2D eigenvalue weighted by molar-refractivity contribution is -0.274. The Labute approximate surface area is 186 Å². The molecule has 0 aliphatic rings. The first-order chi connectivity index (χ1) is 15.1. The predicted molar refractivity (Wildman–Crippen MR) is 120 cm³/mol. The van der Waals surface area contributed by atoms with Crippen LogP contribution in [0.3, 0.4) is 0 Å². The molecule has 0 spiro atoms. The summed E-state index contributed by atoms with van der Waals surface area (Å²) in [6, 6.07) is 15.2. The number of carbonyl (C=O) groups excluding carboxylic acids is 1. The van der Waals surface area contributed by atoms with Crippen molar-refractivity contribution >= 4 is 33.1 Å². The van der Waals surface area contributed by atoms with E-state index in [0.717, 1.165) is 32.4 Å². The smallest absolute Gasteiger partial charge is 0.406 e. The third-order valence-electron chi connectivity index (χ3n) is 4.95. The number of ether oxygens (including phenoxy) is 1. The largest absolute Gasteiger partial charge is 0.573 e. The molecule has 0 saturated carbocycles. The summed E-state index contributed by atoms with van der Waals surface area (Å²) in [7, 11) is 0. The monoisotopic (exact) mass is 456 g/mol. The summed E-state index contributed by atoms with van der Waals surface area (Å²) in [5, 5.41) is 3.63. The summed E-state index contributed by atoms with van der Waals surface area (Å²) in [4.78, 5) is 17.4. The number of thiazole rings is 1. The number of nitrogens with zero attached hydrogens (tertiary/aromatic N) is 1. The van der Waals surface area contributed by atoms with Crippen molar-refractivity contribution in [2.45, 2.75) is 27.1 Å². The van der Waals surface area contributed by atoms with E-state index in [1.165, 1.54) is 17.7 Å². The number of benzene rings is 3. The zero-order valence-corrected chi connectivity index (χ0v) is 18.3. The van der Waals surface area contributed by atoms with Crippen LogP contribution in [0.15, 0.2) is 54.6 Å². The minimum Gasteiger partial charge on any atom is -0.406 e. The molecule has 8 heteroatoms. The van der Waals surface area contributed by atoms with Crippen LogP contribution in [0.1, 0.15) is 27.0 Å². The van der Waals surface area contributed by atoms with Crippen molar-refractivity contribution in [3.05, 3.63) is 76.9 Å². The zero-order chi connectivity index (χ0) is 23.0. The normalized spacial score (nSPS) is 11.6. The van der Waals surface area contributed by atoms with Crippen LogP contribution < -0.4 is 10.1 Å². The molecule has 3 aromatic carbocycles. The maximum absolute atomic E-state index is 12.7. The molecular weight excluding hydrogens is 437 g/mol. The molecule has 4 rings (SSSR count). The number of fused-ring (bicyclic) bond motifs is 1. The Balaban J connectivity index is 1.57. The molecule has 0 aliphatic carbocycles. The second-order valence-electron chi connectivity index (χ2n) is 7.50. The van der Waals surface area contributed by atoms with Crippen LogP contribution in [0.2, 0.25) is 0 Å². The van der Waals surface area contributed by atoms with Gasteiger partial charge in [-0.1, -0.05) is 12.1 Å². The Hall–Kier alpha value is -3.39. The quantitative estimate of drug-likeness (QED) is 0.358. The topological polar surface area (TPSA) is 51.2 Å². The standard InChI is InChI=1S/C24H19F3N2O2S/c1-13-4-9-20-21(10-13)32-23(29-20)18-8-6-16(11-15(18)3)28-22(30)19-12-17(7-5-14(19)2)31-24(25,26)27/h4-12H,1-3H3,(H,28,30). The van der Waals surface area contributed by atoms with Gasteiger partial charge in [-0.05, 0) is 79.9 Å². The maximum Gasteiger partial charge on any atom is 0.573 e. The number of anilines is 1. The Morgan fingerprint density at radius 2 is 1.75 bits per heavy atom. The fraction of sp³-hybridized carbons (Fsp3) is 0.167. The van der Waals surface area contributed by atoms with Gasteiger partial charge in [-0.2, -0.15) is 0 Å². The van der Waals surface area contributed by atoms with Gasteiger partial charge < -0.3 is 10.1 Å². The second kappa shape index (κ2) is 8.27. The molecule has 4 nitrogen and oxygen atoms in total. The summed E-state index contributed by atoms with van der Waals surface area (Å²) in [5.74, 6) is -0.955. The molecule has 0 fully saturated rings. The van der Waals surface area contributed by atoms with E-state index in [9.17, 15) is 18.0 Å². The molecule has 0 saturated heterocycles. The van der Waals surface area contributed by atoms with Gasteiger partial charge in [0.05, 0.1) is 10.2 Å². The van der Waals surface area contributed by atoms with Crippen molar-refractivity contribution in [3.8, 4) is 16.3 Å². The van der Waals surface area contributed by atoms with Crippen LogP contribution in [-0.4, -0.2) is 17.3 Å². The number of aryl methyl sites for hydroxylation is 3. The average Bonchev–Trinajstić information content (AvgIpc) is 3.11. The fourth-order valence-electron chi connectivity index (χ4n) is 3.37. The van der Waals surface area contributed by atoms with Crippen molar-refractivity contribution in [1.29, 1.82) is 0 Å². The molecule has 0 unspecified atom stereocenters. The number of aromatic nitrogens is 1. The number of amides is 1. The fourth-order valence-corrected chi connectivity index (χ4v) is 4.52. The first kappa shape index (κ1) is 21.8. The highest BCUT2D eigenvalue weighted by Crippen LogP contribution is 2.34. The van der Waals surface area contributed by atoms with E-state index < -0.39 is 18.0 Å². The van der Waals surface area contributed by atoms with E-state index in [1.807, 2.05) is 38.1 Å². The van der Waals surface area contributed by atoms with Gasteiger partial charge in [0.2, 0.25) is 0 Å². The number of rotatable bonds is 4. The molecule has 0 aliphatic heterocycles. The molecule has 1 heterocycles. The highest BCUT2D eigenvalue weighted by Gasteiger charge is 2.31. The van der Waals surface area contributed by atoms with Crippen molar-refractivity contribution in [2.24, 2.45) is 0 Å². The summed E-state index contributed by atoms with van der Waals surface area (Å²) in [6.45, 7) is 5.61. The Kier molecular flexibility index (Phi) is 5.64. The van der Waals surface area contributed by atoms with Gasteiger partial charge in [-0.25, -0.2) is 4.98 Å². The van der Waals surface area contributed by atoms with Crippen LogP contribution >= 0.6 is 11.3 Å². The van der Waals surface area contributed by atoms with E-state index in [2.05, 4.69) is 16.1 Å². The molecule has 0 bridgehead atoms. The van der Waals surface area contributed by atoms with Crippen molar-refractivity contribution in [2.75, 3.05) is 5.32 Å². The van der Waals surface area contributed by atoms with Crippen molar-refractivity contribution in [3.63, 3.8) is 0 Å². The SMILES string of the molecule is Cc1ccc2nc(-c3ccc(NC(=O)c4cc(OC(F)(F)F)ccc4C)cc3C)sc2c1. The summed E-state index contributed by atoms with van der Waals surface area (Å²) in [5.41, 5.74) is 5.16. The molecule has 0 radical (unpaired) electrons. The molecule has 1 amide bonds. The number of hydrogen-bond donors (Lipinski definition) is 1. The number of hydrogen-bond acceptors (Lipinski definition) is 4. The number of nitrogens with one attached hydrogen (secondary N) is 1. The average molecular weight is 456 g/mol. The lowest BCUT2D eigenvalue weighted by Gasteiger charge is -2.13. The van der Waals surface area contributed by atoms with Gasteiger partial charge in [0, 0.05) is 16.8 Å². The first-order valence-corrected chi connectivity index (χ1v) is 10.6. The van der Waals surface area contributed by atoms with Crippen LogP contribution in [0.25, 0.3) is 20.8 Å². The van der Waals surface area contributed by atoms with Crippen LogP contribution in [0.4, 0.5) is 18.9 Å². The Bertz CT molecular complexity index is 1330. The van der Waals surface area contributed by atoms with Gasteiger partial charge in [-0.3, -0.25) is 4.79 Å². The molecule has 0 atom stereocenters. The highest BCUT2D eigenvalue weighted by molar-refractivity contribution is 7.21. The molecule has 4 aromatic rings. The van der Waals surface area contributed by atoms with Crippen LogP contribution in [0, 0.1) is 20.8 Å². The predicted octanol–water partition coefficient (Wildman–Crippen LogP) is 7.04. The molecular formula is C24H19F3N2O2S. The lowest BCUT2D eigenvalue weighted by atomic mass is 10.1. The number of halogens is 3. The summed E-state index contributed by atoms with van der Waals surface area (Å²) < 4.78 is 42.5. The van der Waals surface area contributed by atoms with Gasteiger partial charge >= 0.3 is 6.36 Å². The number of carbonyl (C=O) groups is 1. The van der Waals surface area contributed by atoms with E-state index in [4.69, 9.17) is 4.98 Å². The van der Waals surface area contributed by atoms with Gasteiger partial charge in [-0.15, -0.1) is 24.5 Å².